The second-order valence-corrected chi connectivity index (χ2v) is 5.87. The van der Waals surface area contributed by atoms with Crippen LogP contribution in [0, 0.1) is 6.92 Å². The molecule has 0 spiro atoms. The summed E-state index contributed by atoms with van der Waals surface area (Å²) in [6.07, 6.45) is 1.09. The molecular weight excluding hydrogens is 304 g/mol. The van der Waals surface area contributed by atoms with Crippen molar-refractivity contribution in [3.63, 3.8) is 0 Å². The second-order valence-electron chi connectivity index (χ2n) is 4.92. The number of nitrogens with one attached hydrogen (secondary N) is 1. The van der Waals surface area contributed by atoms with E-state index in [9.17, 15) is 9.59 Å². The van der Waals surface area contributed by atoms with Gasteiger partial charge in [-0.15, -0.1) is 11.3 Å². The lowest BCUT2D eigenvalue weighted by Gasteiger charge is -2.12. The third-order valence-corrected chi connectivity index (χ3v) is 4.02. The molecule has 0 radical (unpaired) electrons. The molecule has 118 valence electrons. The Morgan fingerprint density at radius 1 is 1.50 bits per heavy atom. The number of nitrogens with zero attached hydrogens (tertiary/aromatic N) is 1. The number of carboxylic acid groups (broad SMARTS) is 1. The summed E-state index contributed by atoms with van der Waals surface area (Å²) in [6, 6.07) is 2.93. The lowest BCUT2D eigenvalue weighted by molar-refractivity contribution is -0.141. The van der Waals surface area contributed by atoms with Crippen LogP contribution in [0.3, 0.4) is 0 Å². The summed E-state index contributed by atoms with van der Waals surface area (Å²) in [6.45, 7) is 3.62. The Labute approximate surface area is 132 Å². The number of oxazole rings is 1. The summed E-state index contributed by atoms with van der Waals surface area (Å²) >= 11 is 1.50. The highest BCUT2D eigenvalue weighted by Gasteiger charge is 2.21. The highest BCUT2D eigenvalue weighted by Crippen LogP contribution is 2.26. The molecule has 2 aromatic heterocycles. The fraction of sp³-hybridized carbons (Fsp3) is 0.400. The van der Waals surface area contributed by atoms with Crippen LogP contribution in [0.1, 0.15) is 31.2 Å². The fourth-order valence-electron chi connectivity index (χ4n) is 2.04. The first-order valence-electron chi connectivity index (χ1n) is 7.03. The van der Waals surface area contributed by atoms with Gasteiger partial charge in [0.2, 0.25) is 11.8 Å². The van der Waals surface area contributed by atoms with Crippen LogP contribution < -0.4 is 5.32 Å². The number of hydrogen-bond acceptors (Lipinski definition) is 5. The molecule has 1 atom stereocenters. The molecule has 0 saturated carbocycles. The molecule has 2 rings (SSSR count). The largest absolute Gasteiger partial charge is 0.480 e. The maximum absolute atomic E-state index is 12.0. The van der Waals surface area contributed by atoms with Gasteiger partial charge in [0.25, 0.3) is 0 Å². The Kier molecular flexibility index (Phi) is 5.32. The van der Waals surface area contributed by atoms with Crippen molar-refractivity contribution in [2.45, 2.75) is 39.2 Å². The van der Waals surface area contributed by atoms with Crippen LogP contribution in [0.2, 0.25) is 0 Å². The van der Waals surface area contributed by atoms with Gasteiger partial charge in [0.15, 0.2) is 0 Å². The summed E-state index contributed by atoms with van der Waals surface area (Å²) in [5, 5.41) is 13.5. The molecule has 0 aliphatic carbocycles. The molecule has 1 amide bonds. The highest BCUT2D eigenvalue weighted by molar-refractivity contribution is 7.13. The molecule has 1 unspecified atom stereocenters. The van der Waals surface area contributed by atoms with Gasteiger partial charge in [-0.3, -0.25) is 4.79 Å². The van der Waals surface area contributed by atoms with E-state index in [1.807, 2.05) is 24.4 Å². The molecular formula is C15H18N2O4S. The number of carbonyl (C=O) groups is 2. The molecule has 22 heavy (non-hydrogen) atoms. The van der Waals surface area contributed by atoms with Crippen LogP contribution in [-0.2, 0) is 16.0 Å². The highest BCUT2D eigenvalue weighted by atomic mass is 32.1. The van der Waals surface area contributed by atoms with Crippen molar-refractivity contribution in [2.24, 2.45) is 0 Å². The van der Waals surface area contributed by atoms with Crippen molar-refractivity contribution in [2.75, 3.05) is 0 Å². The zero-order chi connectivity index (χ0) is 16.1. The molecule has 0 fully saturated rings. The molecule has 0 saturated heterocycles. The van der Waals surface area contributed by atoms with Gasteiger partial charge >= 0.3 is 5.97 Å². The Bertz CT molecular complexity index is 649. The summed E-state index contributed by atoms with van der Waals surface area (Å²) in [5.74, 6) is -0.333. The van der Waals surface area contributed by atoms with Gasteiger partial charge < -0.3 is 14.8 Å². The third-order valence-electron chi connectivity index (χ3n) is 3.16. The standard InChI is InChI=1S/C15H18N2O4S/c1-3-5-10(15(19)20)16-13(18)8-11-9(2)21-14(17-11)12-6-4-7-22-12/h4,6-7,10H,3,5,8H2,1-2H3,(H,16,18)(H,19,20). The number of amides is 1. The molecule has 0 aromatic carbocycles. The van der Waals surface area contributed by atoms with Crippen molar-refractivity contribution in [3.05, 3.63) is 29.0 Å². The van der Waals surface area contributed by atoms with Crippen molar-refractivity contribution in [1.29, 1.82) is 0 Å². The SMILES string of the molecule is CCCC(NC(=O)Cc1nc(-c2cccs2)oc1C)C(=O)O. The fourth-order valence-corrected chi connectivity index (χ4v) is 2.69. The van der Waals surface area contributed by atoms with Crippen LogP contribution >= 0.6 is 11.3 Å². The van der Waals surface area contributed by atoms with Crippen molar-refractivity contribution >= 4 is 23.2 Å². The van der Waals surface area contributed by atoms with Gasteiger partial charge in [-0.2, -0.15) is 0 Å². The Morgan fingerprint density at radius 2 is 2.27 bits per heavy atom. The van der Waals surface area contributed by atoms with E-state index < -0.39 is 12.0 Å². The monoisotopic (exact) mass is 322 g/mol. The van der Waals surface area contributed by atoms with E-state index in [2.05, 4.69) is 10.3 Å². The molecule has 0 bridgehead atoms. The van der Waals surface area contributed by atoms with Crippen LogP contribution in [0.15, 0.2) is 21.9 Å². The van der Waals surface area contributed by atoms with Crippen LogP contribution in [0.5, 0.6) is 0 Å². The number of carbonyl (C=O) groups excluding carboxylic acids is 1. The number of thiophene rings is 1. The van der Waals surface area contributed by atoms with Gasteiger partial charge in [0.05, 0.1) is 17.0 Å². The molecule has 0 aliphatic heterocycles. The number of aryl methyl sites for hydroxylation is 1. The zero-order valence-corrected chi connectivity index (χ0v) is 13.3. The van der Waals surface area contributed by atoms with Crippen molar-refractivity contribution < 1.29 is 19.1 Å². The minimum absolute atomic E-state index is 0.00814. The van der Waals surface area contributed by atoms with Gasteiger partial charge in [-0.1, -0.05) is 19.4 Å². The molecule has 6 nitrogen and oxygen atoms in total. The molecule has 2 heterocycles. The Hall–Kier alpha value is -2.15. The predicted octanol–water partition coefficient (Wildman–Crippen LogP) is 2.62. The number of hydrogen-bond donors (Lipinski definition) is 2. The topological polar surface area (TPSA) is 92.4 Å². The zero-order valence-electron chi connectivity index (χ0n) is 12.5. The minimum atomic E-state index is -1.02. The van der Waals surface area contributed by atoms with E-state index in [1.165, 1.54) is 11.3 Å². The van der Waals surface area contributed by atoms with Crippen LogP contribution in [0.25, 0.3) is 10.8 Å². The summed E-state index contributed by atoms with van der Waals surface area (Å²) in [5.41, 5.74) is 0.529. The summed E-state index contributed by atoms with van der Waals surface area (Å²) in [4.78, 5) is 28.3. The van der Waals surface area contributed by atoms with E-state index in [-0.39, 0.29) is 12.3 Å². The minimum Gasteiger partial charge on any atom is -0.480 e. The number of carboxylic acids is 1. The normalized spacial score (nSPS) is 12.1. The van der Waals surface area contributed by atoms with Gasteiger partial charge in [0, 0.05) is 0 Å². The average molecular weight is 322 g/mol. The second kappa shape index (κ2) is 7.22. The van der Waals surface area contributed by atoms with E-state index >= 15 is 0 Å². The summed E-state index contributed by atoms with van der Waals surface area (Å²) < 4.78 is 5.56. The van der Waals surface area contributed by atoms with E-state index in [1.54, 1.807) is 6.92 Å². The maximum Gasteiger partial charge on any atom is 0.326 e. The van der Waals surface area contributed by atoms with Crippen molar-refractivity contribution in [1.82, 2.24) is 10.3 Å². The Morgan fingerprint density at radius 3 is 2.86 bits per heavy atom. The lowest BCUT2D eigenvalue weighted by Crippen LogP contribution is -2.41. The van der Waals surface area contributed by atoms with E-state index in [0.29, 0.717) is 30.2 Å². The third kappa shape index (κ3) is 3.94. The summed E-state index contributed by atoms with van der Waals surface area (Å²) in [7, 11) is 0. The Balaban J connectivity index is 2.04. The first kappa shape index (κ1) is 16.2. The number of aliphatic carboxylic acids is 1. The van der Waals surface area contributed by atoms with Gasteiger partial charge in [0.1, 0.15) is 11.8 Å². The lowest BCUT2D eigenvalue weighted by atomic mass is 10.1. The van der Waals surface area contributed by atoms with E-state index in [0.717, 1.165) is 4.88 Å². The first-order chi connectivity index (χ1) is 10.5. The molecule has 2 N–H and O–H groups in total. The van der Waals surface area contributed by atoms with Crippen LogP contribution in [0.4, 0.5) is 0 Å². The molecule has 0 aliphatic rings. The van der Waals surface area contributed by atoms with Gasteiger partial charge in [-0.05, 0) is 24.8 Å². The van der Waals surface area contributed by atoms with Crippen molar-refractivity contribution in [3.8, 4) is 10.8 Å². The molecule has 2 aromatic rings. The molecule has 7 heteroatoms. The predicted molar refractivity (Wildman–Crippen MR) is 82.7 cm³/mol. The van der Waals surface area contributed by atoms with Crippen LogP contribution in [-0.4, -0.2) is 28.0 Å². The quantitative estimate of drug-likeness (QED) is 0.817. The van der Waals surface area contributed by atoms with E-state index in [4.69, 9.17) is 9.52 Å². The average Bonchev–Trinajstić information content (AvgIpc) is 3.08. The number of rotatable bonds is 7. The smallest absolute Gasteiger partial charge is 0.326 e. The van der Waals surface area contributed by atoms with Gasteiger partial charge in [-0.25, -0.2) is 9.78 Å². The number of aromatic nitrogens is 1. The maximum atomic E-state index is 12.0. The first-order valence-corrected chi connectivity index (χ1v) is 7.91.